The van der Waals surface area contributed by atoms with Crippen molar-refractivity contribution in [2.24, 2.45) is 7.05 Å². The highest BCUT2D eigenvalue weighted by Crippen LogP contribution is 2.26. The molecule has 0 aromatic carbocycles. The molecule has 2 heterocycles. The van der Waals surface area contributed by atoms with Crippen molar-refractivity contribution in [3.05, 3.63) is 11.9 Å². The summed E-state index contributed by atoms with van der Waals surface area (Å²) in [6, 6.07) is 1.28. The molecule has 0 amide bonds. The molecule has 2 atom stereocenters. The van der Waals surface area contributed by atoms with E-state index in [1.54, 1.807) is 0 Å². The van der Waals surface area contributed by atoms with E-state index in [2.05, 4.69) is 42.3 Å². The van der Waals surface area contributed by atoms with Gasteiger partial charge in [-0.25, -0.2) is 0 Å². The van der Waals surface area contributed by atoms with Gasteiger partial charge >= 0.3 is 0 Å². The van der Waals surface area contributed by atoms with Gasteiger partial charge in [-0.2, -0.15) is 5.10 Å². The Bertz CT molecular complexity index is 371. The van der Waals surface area contributed by atoms with Crippen molar-refractivity contribution in [3.63, 3.8) is 0 Å². The number of rotatable bonds is 3. The molecule has 1 aliphatic rings. The zero-order valence-corrected chi connectivity index (χ0v) is 11.4. The Hall–Kier alpha value is -1.03. The normalized spacial score (nSPS) is 25.3. The summed E-state index contributed by atoms with van der Waals surface area (Å²) >= 11 is 0. The molecule has 1 aliphatic heterocycles. The standard InChI is InChI=1S/C13H24N4/c1-5-14-12-6-7-17(10(2)8-12)13-9-16(4)15-11(13)3/h9-10,12,14H,5-8H2,1-4H3. The predicted molar refractivity (Wildman–Crippen MR) is 71.5 cm³/mol. The zero-order chi connectivity index (χ0) is 12.4. The summed E-state index contributed by atoms with van der Waals surface area (Å²) in [6.07, 6.45) is 4.59. The quantitative estimate of drug-likeness (QED) is 0.867. The van der Waals surface area contributed by atoms with E-state index in [4.69, 9.17) is 0 Å². The Morgan fingerprint density at radius 2 is 2.29 bits per heavy atom. The van der Waals surface area contributed by atoms with Crippen molar-refractivity contribution >= 4 is 5.69 Å². The van der Waals surface area contributed by atoms with E-state index in [0.717, 1.165) is 18.8 Å². The molecule has 1 fully saturated rings. The molecule has 4 nitrogen and oxygen atoms in total. The second-order valence-corrected chi connectivity index (χ2v) is 5.09. The van der Waals surface area contributed by atoms with Crippen molar-refractivity contribution < 1.29 is 0 Å². The highest BCUT2D eigenvalue weighted by Gasteiger charge is 2.26. The van der Waals surface area contributed by atoms with Crippen molar-refractivity contribution in [1.29, 1.82) is 0 Å². The molecule has 2 rings (SSSR count). The van der Waals surface area contributed by atoms with Crippen molar-refractivity contribution in [2.75, 3.05) is 18.0 Å². The summed E-state index contributed by atoms with van der Waals surface area (Å²) in [5.41, 5.74) is 2.44. The van der Waals surface area contributed by atoms with E-state index >= 15 is 0 Å². The summed E-state index contributed by atoms with van der Waals surface area (Å²) in [5, 5.41) is 7.99. The van der Waals surface area contributed by atoms with Gasteiger partial charge in [-0.1, -0.05) is 6.92 Å². The summed E-state index contributed by atoms with van der Waals surface area (Å²) in [4.78, 5) is 2.50. The van der Waals surface area contributed by atoms with Crippen LogP contribution in [0.3, 0.4) is 0 Å². The molecular formula is C13H24N4. The van der Waals surface area contributed by atoms with Crippen LogP contribution in [0.4, 0.5) is 5.69 Å². The minimum absolute atomic E-state index is 0.593. The van der Waals surface area contributed by atoms with Gasteiger partial charge in [0, 0.05) is 31.9 Å². The van der Waals surface area contributed by atoms with Crippen LogP contribution in [-0.4, -0.2) is 35.0 Å². The minimum atomic E-state index is 0.593. The van der Waals surface area contributed by atoms with Gasteiger partial charge < -0.3 is 10.2 Å². The van der Waals surface area contributed by atoms with Crippen molar-refractivity contribution in [3.8, 4) is 0 Å². The van der Waals surface area contributed by atoms with Crippen LogP contribution < -0.4 is 10.2 Å². The molecule has 0 spiro atoms. The van der Waals surface area contributed by atoms with E-state index in [-0.39, 0.29) is 0 Å². The smallest absolute Gasteiger partial charge is 0.0827 e. The van der Waals surface area contributed by atoms with E-state index in [9.17, 15) is 0 Å². The number of hydrogen-bond donors (Lipinski definition) is 1. The summed E-state index contributed by atoms with van der Waals surface area (Å²) in [7, 11) is 1.99. The lowest BCUT2D eigenvalue weighted by Crippen LogP contribution is -2.47. The van der Waals surface area contributed by atoms with Gasteiger partial charge in [-0.3, -0.25) is 4.68 Å². The van der Waals surface area contributed by atoms with E-state index in [1.807, 2.05) is 11.7 Å². The fourth-order valence-corrected chi connectivity index (χ4v) is 2.87. The molecule has 2 unspecified atom stereocenters. The maximum atomic E-state index is 4.44. The van der Waals surface area contributed by atoms with Gasteiger partial charge in [0.1, 0.15) is 0 Å². The number of nitrogens with one attached hydrogen (secondary N) is 1. The van der Waals surface area contributed by atoms with Crippen molar-refractivity contribution in [2.45, 2.75) is 45.7 Å². The first kappa shape index (κ1) is 12.4. The minimum Gasteiger partial charge on any atom is -0.366 e. The van der Waals surface area contributed by atoms with Crippen LogP contribution in [0, 0.1) is 6.92 Å². The van der Waals surface area contributed by atoms with Gasteiger partial charge in [0.05, 0.1) is 11.4 Å². The number of hydrogen-bond acceptors (Lipinski definition) is 3. The maximum absolute atomic E-state index is 4.44. The largest absolute Gasteiger partial charge is 0.366 e. The van der Waals surface area contributed by atoms with Gasteiger partial charge in [-0.05, 0) is 33.2 Å². The zero-order valence-electron chi connectivity index (χ0n) is 11.4. The number of aryl methyl sites for hydroxylation is 2. The molecule has 0 aliphatic carbocycles. The Morgan fingerprint density at radius 3 is 2.82 bits per heavy atom. The summed E-state index contributed by atoms with van der Waals surface area (Å²) in [5.74, 6) is 0. The number of anilines is 1. The van der Waals surface area contributed by atoms with Crippen LogP contribution in [0.5, 0.6) is 0 Å². The number of aromatic nitrogens is 2. The Kier molecular flexibility index (Phi) is 3.72. The van der Waals surface area contributed by atoms with Gasteiger partial charge in [0.15, 0.2) is 0 Å². The number of nitrogens with zero attached hydrogens (tertiary/aromatic N) is 3. The lowest BCUT2D eigenvalue weighted by molar-refractivity contribution is 0.374. The van der Waals surface area contributed by atoms with Crippen LogP contribution in [0.15, 0.2) is 6.20 Å². The van der Waals surface area contributed by atoms with Crippen LogP contribution in [0.1, 0.15) is 32.4 Å². The molecule has 0 bridgehead atoms. The Labute approximate surface area is 104 Å². The average Bonchev–Trinajstić information content (AvgIpc) is 2.58. The SMILES string of the molecule is CCNC1CCN(c2cn(C)nc2C)C(C)C1. The van der Waals surface area contributed by atoms with Crippen LogP contribution in [0.2, 0.25) is 0 Å². The molecule has 4 heteroatoms. The first-order valence-electron chi connectivity index (χ1n) is 6.62. The second kappa shape index (κ2) is 5.08. The molecule has 0 radical (unpaired) electrons. The highest BCUT2D eigenvalue weighted by atomic mass is 15.3. The van der Waals surface area contributed by atoms with Crippen LogP contribution in [0.25, 0.3) is 0 Å². The van der Waals surface area contributed by atoms with E-state index < -0.39 is 0 Å². The van der Waals surface area contributed by atoms with Crippen molar-refractivity contribution in [1.82, 2.24) is 15.1 Å². The molecule has 1 N–H and O–H groups in total. The third-order valence-corrected chi connectivity index (χ3v) is 3.67. The first-order chi connectivity index (χ1) is 8.11. The predicted octanol–water partition coefficient (Wildman–Crippen LogP) is 1.70. The number of piperidine rings is 1. The van der Waals surface area contributed by atoms with Gasteiger partial charge in [0.2, 0.25) is 0 Å². The monoisotopic (exact) mass is 236 g/mol. The fourth-order valence-electron chi connectivity index (χ4n) is 2.87. The van der Waals surface area contributed by atoms with Gasteiger partial charge in [-0.15, -0.1) is 0 Å². The lowest BCUT2D eigenvalue weighted by Gasteiger charge is -2.39. The molecule has 17 heavy (non-hydrogen) atoms. The maximum Gasteiger partial charge on any atom is 0.0827 e. The lowest BCUT2D eigenvalue weighted by atomic mass is 9.97. The van der Waals surface area contributed by atoms with E-state index in [0.29, 0.717) is 12.1 Å². The molecular weight excluding hydrogens is 212 g/mol. The molecule has 1 aromatic rings. The van der Waals surface area contributed by atoms with Crippen LogP contribution >= 0.6 is 0 Å². The van der Waals surface area contributed by atoms with Crippen LogP contribution in [-0.2, 0) is 7.05 Å². The summed E-state index contributed by atoms with van der Waals surface area (Å²) < 4.78 is 1.91. The summed E-state index contributed by atoms with van der Waals surface area (Å²) in [6.45, 7) is 8.80. The highest BCUT2D eigenvalue weighted by molar-refractivity contribution is 5.50. The average molecular weight is 236 g/mol. The fraction of sp³-hybridized carbons (Fsp3) is 0.769. The van der Waals surface area contributed by atoms with E-state index in [1.165, 1.54) is 18.5 Å². The topological polar surface area (TPSA) is 33.1 Å². The molecule has 0 saturated carbocycles. The molecule has 1 saturated heterocycles. The second-order valence-electron chi connectivity index (χ2n) is 5.09. The Balaban J connectivity index is 2.06. The molecule has 96 valence electrons. The molecule has 1 aromatic heterocycles. The third-order valence-electron chi connectivity index (χ3n) is 3.67. The van der Waals surface area contributed by atoms with Gasteiger partial charge in [0.25, 0.3) is 0 Å². The Morgan fingerprint density at radius 1 is 1.53 bits per heavy atom. The first-order valence-corrected chi connectivity index (χ1v) is 6.62. The third kappa shape index (κ3) is 2.63.